The van der Waals surface area contributed by atoms with Crippen LogP contribution in [0.15, 0.2) is 24.3 Å². The van der Waals surface area contributed by atoms with Crippen molar-refractivity contribution in [3.05, 3.63) is 35.6 Å². The van der Waals surface area contributed by atoms with E-state index in [0.29, 0.717) is 18.5 Å². The topological polar surface area (TPSA) is 20.3 Å². The summed E-state index contributed by atoms with van der Waals surface area (Å²) in [5.41, 5.74) is 0.633. The van der Waals surface area contributed by atoms with Gasteiger partial charge in [0, 0.05) is 18.0 Å². The molecule has 1 unspecified atom stereocenters. The number of likely N-dealkylation sites (N-methyl/N-ethyl adjacent to an activating group) is 1. The molecule has 0 N–H and O–H groups in total. The van der Waals surface area contributed by atoms with Crippen LogP contribution in [-0.2, 0) is 4.79 Å². The van der Waals surface area contributed by atoms with E-state index in [1.54, 1.807) is 12.1 Å². The number of nitrogens with zero attached hydrogens (tertiary/aromatic N) is 1. The van der Waals surface area contributed by atoms with Crippen molar-refractivity contribution in [2.75, 3.05) is 13.6 Å². The summed E-state index contributed by atoms with van der Waals surface area (Å²) in [6.45, 7) is 4.11. The van der Waals surface area contributed by atoms with Crippen LogP contribution in [0.4, 0.5) is 4.39 Å². The average molecular weight is 223 g/mol. The fourth-order valence-electron chi connectivity index (χ4n) is 1.58. The summed E-state index contributed by atoms with van der Waals surface area (Å²) in [7, 11) is 1.84. The van der Waals surface area contributed by atoms with Crippen molar-refractivity contribution in [3.8, 4) is 0 Å². The zero-order chi connectivity index (χ0) is 12.1. The van der Waals surface area contributed by atoms with E-state index in [1.807, 2.05) is 31.9 Å². The predicted octanol–water partition coefficient (Wildman–Crippen LogP) is 2.80. The highest BCUT2D eigenvalue weighted by Gasteiger charge is 2.16. The first kappa shape index (κ1) is 12.8. The van der Waals surface area contributed by atoms with Crippen molar-refractivity contribution in [1.82, 2.24) is 4.90 Å². The minimum Gasteiger partial charge on any atom is -0.298 e. The standard InChI is InChI=1S/C13H18FNO/c1-4-11(16)9-15(3)10(2)12-7-5-6-8-13(12)14/h5-8,10H,4,9H2,1-3H3. The van der Waals surface area contributed by atoms with E-state index < -0.39 is 0 Å². The number of hydrogen-bond acceptors (Lipinski definition) is 2. The maximum Gasteiger partial charge on any atom is 0.146 e. The van der Waals surface area contributed by atoms with Gasteiger partial charge >= 0.3 is 0 Å². The maximum atomic E-state index is 13.5. The van der Waals surface area contributed by atoms with Crippen molar-refractivity contribution in [2.45, 2.75) is 26.3 Å². The lowest BCUT2D eigenvalue weighted by atomic mass is 10.1. The highest BCUT2D eigenvalue weighted by Crippen LogP contribution is 2.21. The van der Waals surface area contributed by atoms with E-state index in [4.69, 9.17) is 0 Å². The molecule has 16 heavy (non-hydrogen) atoms. The molecular formula is C13H18FNO. The summed E-state index contributed by atoms with van der Waals surface area (Å²) in [5, 5.41) is 0. The zero-order valence-electron chi connectivity index (χ0n) is 10.0. The quantitative estimate of drug-likeness (QED) is 0.765. The van der Waals surface area contributed by atoms with Gasteiger partial charge in [-0.2, -0.15) is 0 Å². The molecule has 0 spiro atoms. The Bertz CT molecular complexity index is 365. The Morgan fingerprint density at radius 2 is 2.06 bits per heavy atom. The molecule has 0 saturated carbocycles. The minimum absolute atomic E-state index is 0.0864. The lowest BCUT2D eigenvalue weighted by Crippen LogP contribution is -2.28. The second kappa shape index (κ2) is 5.75. The van der Waals surface area contributed by atoms with Gasteiger partial charge in [-0.15, -0.1) is 0 Å². The van der Waals surface area contributed by atoms with Crippen LogP contribution in [0.1, 0.15) is 31.9 Å². The van der Waals surface area contributed by atoms with Crippen molar-refractivity contribution >= 4 is 5.78 Å². The zero-order valence-corrected chi connectivity index (χ0v) is 10.0. The lowest BCUT2D eigenvalue weighted by molar-refractivity contribution is -0.120. The van der Waals surface area contributed by atoms with Crippen molar-refractivity contribution in [3.63, 3.8) is 0 Å². The lowest BCUT2D eigenvalue weighted by Gasteiger charge is -2.24. The smallest absolute Gasteiger partial charge is 0.146 e. The van der Waals surface area contributed by atoms with Gasteiger partial charge in [0.1, 0.15) is 11.6 Å². The second-order valence-corrected chi connectivity index (χ2v) is 4.00. The number of ketones is 1. The Morgan fingerprint density at radius 1 is 1.44 bits per heavy atom. The van der Waals surface area contributed by atoms with Crippen LogP contribution in [0.5, 0.6) is 0 Å². The molecule has 0 aliphatic heterocycles. The monoisotopic (exact) mass is 223 g/mol. The molecular weight excluding hydrogens is 205 g/mol. The molecule has 1 rings (SSSR count). The van der Waals surface area contributed by atoms with E-state index >= 15 is 0 Å². The van der Waals surface area contributed by atoms with E-state index in [-0.39, 0.29) is 17.6 Å². The number of Topliss-reactive ketones (excluding diaryl/α,β-unsaturated/α-hetero) is 1. The number of carbonyl (C=O) groups is 1. The second-order valence-electron chi connectivity index (χ2n) is 4.00. The van der Waals surface area contributed by atoms with Gasteiger partial charge in [0.15, 0.2) is 0 Å². The van der Waals surface area contributed by atoms with E-state index in [0.717, 1.165) is 0 Å². The van der Waals surface area contributed by atoms with Gasteiger partial charge < -0.3 is 0 Å². The SMILES string of the molecule is CCC(=O)CN(C)C(C)c1ccccc1F. The Morgan fingerprint density at radius 3 is 2.62 bits per heavy atom. The van der Waals surface area contributed by atoms with E-state index in [2.05, 4.69) is 0 Å². The summed E-state index contributed by atoms with van der Waals surface area (Å²) in [6.07, 6.45) is 0.522. The number of halogens is 1. The van der Waals surface area contributed by atoms with Gasteiger partial charge in [-0.05, 0) is 20.0 Å². The number of hydrogen-bond donors (Lipinski definition) is 0. The van der Waals surface area contributed by atoms with Crippen LogP contribution < -0.4 is 0 Å². The van der Waals surface area contributed by atoms with Crippen molar-refractivity contribution in [1.29, 1.82) is 0 Å². The molecule has 0 aliphatic carbocycles. The molecule has 0 saturated heterocycles. The van der Waals surface area contributed by atoms with Gasteiger partial charge in [-0.25, -0.2) is 4.39 Å². The molecule has 88 valence electrons. The van der Waals surface area contributed by atoms with Crippen LogP contribution in [0.2, 0.25) is 0 Å². The van der Waals surface area contributed by atoms with Gasteiger partial charge in [-0.3, -0.25) is 9.69 Å². The summed E-state index contributed by atoms with van der Waals surface area (Å²) < 4.78 is 13.5. The number of carbonyl (C=O) groups excluding carboxylic acids is 1. The van der Waals surface area contributed by atoms with Crippen molar-refractivity contribution < 1.29 is 9.18 Å². The highest BCUT2D eigenvalue weighted by molar-refractivity contribution is 5.80. The van der Waals surface area contributed by atoms with Crippen LogP contribution in [-0.4, -0.2) is 24.3 Å². The van der Waals surface area contributed by atoms with Crippen LogP contribution in [0.3, 0.4) is 0 Å². The first-order valence-electron chi connectivity index (χ1n) is 5.52. The number of benzene rings is 1. The summed E-state index contributed by atoms with van der Waals surface area (Å²) >= 11 is 0. The normalized spacial score (nSPS) is 12.8. The molecule has 0 aromatic heterocycles. The Hall–Kier alpha value is -1.22. The highest BCUT2D eigenvalue weighted by atomic mass is 19.1. The van der Waals surface area contributed by atoms with Crippen LogP contribution in [0.25, 0.3) is 0 Å². The molecule has 0 fully saturated rings. The molecule has 2 nitrogen and oxygen atoms in total. The molecule has 0 bridgehead atoms. The van der Waals surface area contributed by atoms with Gasteiger partial charge in [0.25, 0.3) is 0 Å². The number of rotatable bonds is 5. The molecule has 1 aromatic carbocycles. The summed E-state index contributed by atoms with van der Waals surface area (Å²) in [6, 6.07) is 6.60. The molecule has 0 amide bonds. The van der Waals surface area contributed by atoms with Gasteiger partial charge in [0.2, 0.25) is 0 Å². The first-order valence-corrected chi connectivity index (χ1v) is 5.52. The largest absolute Gasteiger partial charge is 0.298 e. The third kappa shape index (κ3) is 3.14. The Balaban J connectivity index is 2.74. The fraction of sp³-hybridized carbons (Fsp3) is 0.462. The Kier molecular flexibility index (Phi) is 4.62. The van der Waals surface area contributed by atoms with Gasteiger partial charge in [0.05, 0.1) is 6.54 Å². The molecule has 1 aromatic rings. The molecule has 0 radical (unpaired) electrons. The van der Waals surface area contributed by atoms with Crippen molar-refractivity contribution in [2.24, 2.45) is 0 Å². The van der Waals surface area contributed by atoms with E-state index in [9.17, 15) is 9.18 Å². The minimum atomic E-state index is -0.217. The first-order chi connectivity index (χ1) is 7.56. The summed E-state index contributed by atoms with van der Waals surface area (Å²) in [5.74, 6) is -0.0449. The maximum absolute atomic E-state index is 13.5. The predicted molar refractivity (Wildman–Crippen MR) is 62.7 cm³/mol. The third-order valence-electron chi connectivity index (χ3n) is 2.84. The molecule has 0 aliphatic rings. The fourth-order valence-corrected chi connectivity index (χ4v) is 1.58. The van der Waals surface area contributed by atoms with E-state index in [1.165, 1.54) is 6.07 Å². The Labute approximate surface area is 96.1 Å². The van der Waals surface area contributed by atoms with Crippen LogP contribution >= 0.6 is 0 Å². The molecule has 0 heterocycles. The van der Waals surface area contributed by atoms with Gasteiger partial charge in [-0.1, -0.05) is 25.1 Å². The molecule has 1 atom stereocenters. The van der Waals surface area contributed by atoms with Crippen LogP contribution in [0, 0.1) is 5.82 Å². The summed E-state index contributed by atoms with van der Waals surface area (Å²) in [4.78, 5) is 13.2. The average Bonchev–Trinajstić information content (AvgIpc) is 2.28. The third-order valence-corrected chi connectivity index (χ3v) is 2.84. The molecule has 3 heteroatoms.